The van der Waals surface area contributed by atoms with Gasteiger partial charge in [0.15, 0.2) is 0 Å². The first-order chi connectivity index (χ1) is 10.2. The van der Waals surface area contributed by atoms with E-state index in [0.717, 1.165) is 11.6 Å². The molecule has 1 aliphatic rings. The summed E-state index contributed by atoms with van der Waals surface area (Å²) in [5, 5.41) is 0. The van der Waals surface area contributed by atoms with Gasteiger partial charge in [0.25, 0.3) is 0 Å². The number of pyridine rings is 1. The van der Waals surface area contributed by atoms with Crippen LogP contribution < -0.4 is 0 Å². The predicted octanol–water partition coefficient (Wildman–Crippen LogP) is 5.49. The summed E-state index contributed by atoms with van der Waals surface area (Å²) < 4.78 is 0. The molecule has 1 aliphatic carbocycles. The first-order valence-corrected chi connectivity index (χ1v) is 8.25. The van der Waals surface area contributed by atoms with Crippen LogP contribution in [-0.2, 0) is 6.42 Å². The molecule has 0 N–H and O–H groups in total. The van der Waals surface area contributed by atoms with Crippen LogP contribution in [0.1, 0.15) is 48.8 Å². The largest absolute Gasteiger partial charge is 0.256 e. The van der Waals surface area contributed by atoms with Crippen LogP contribution in [0.15, 0.2) is 36.5 Å². The lowest BCUT2D eigenvalue weighted by atomic mass is 9.84. The maximum absolute atomic E-state index is 4.70. The van der Waals surface area contributed by atoms with E-state index < -0.39 is 0 Å². The highest BCUT2D eigenvalue weighted by molar-refractivity contribution is 5.60. The molecule has 1 fully saturated rings. The van der Waals surface area contributed by atoms with Crippen molar-refractivity contribution < 1.29 is 0 Å². The van der Waals surface area contributed by atoms with Crippen molar-refractivity contribution in [1.82, 2.24) is 4.98 Å². The van der Waals surface area contributed by atoms with Crippen LogP contribution in [0.3, 0.4) is 0 Å². The smallest absolute Gasteiger partial charge is 0.0704 e. The van der Waals surface area contributed by atoms with Gasteiger partial charge in [-0.15, -0.1) is 0 Å². The molecule has 1 aromatic heterocycles. The molecule has 1 heterocycles. The molecule has 1 nitrogen and oxygen atoms in total. The van der Waals surface area contributed by atoms with Gasteiger partial charge < -0.3 is 0 Å². The maximum Gasteiger partial charge on any atom is 0.0704 e. The van der Waals surface area contributed by atoms with Crippen molar-refractivity contribution in [3.63, 3.8) is 0 Å². The molecule has 110 valence electrons. The number of nitrogens with zero attached hydrogens (tertiary/aromatic N) is 1. The summed E-state index contributed by atoms with van der Waals surface area (Å²) >= 11 is 0. The SMILES string of the molecule is Cc1ccc(-c2cc(C)c(CC3CCCCC3)cn2)cc1. The van der Waals surface area contributed by atoms with Crippen molar-refractivity contribution in [2.75, 3.05) is 0 Å². The van der Waals surface area contributed by atoms with Crippen LogP contribution in [0.2, 0.25) is 0 Å². The average Bonchev–Trinajstić information content (AvgIpc) is 2.51. The Kier molecular flexibility index (Phi) is 4.38. The van der Waals surface area contributed by atoms with Crippen LogP contribution in [0.5, 0.6) is 0 Å². The minimum Gasteiger partial charge on any atom is -0.256 e. The predicted molar refractivity (Wildman–Crippen MR) is 89.4 cm³/mol. The van der Waals surface area contributed by atoms with E-state index in [0.29, 0.717) is 0 Å². The lowest BCUT2D eigenvalue weighted by Crippen LogP contribution is -2.10. The molecule has 0 radical (unpaired) electrons. The minimum atomic E-state index is 0.879. The number of hydrogen-bond acceptors (Lipinski definition) is 1. The molecular weight excluding hydrogens is 254 g/mol. The van der Waals surface area contributed by atoms with Gasteiger partial charge in [-0.05, 0) is 43.4 Å². The molecule has 1 saturated carbocycles. The number of aromatic nitrogens is 1. The van der Waals surface area contributed by atoms with Gasteiger partial charge in [0.2, 0.25) is 0 Å². The molecule has 0 spiro atoms. The number of rotatable bonds is 3. The van der Waals surface area contributed by atoms with E-state index in [1.807, 2.05) is 0 Å². The maximum atomic E-state index is 4.70. The van der Waals surface area contributed by atoms with Gasteiger partial charge in [-0.1, -0.05) is 61.9 Å². The molecule has 0 aliphatic heterocycles. The molecule has 0 unspecified atom stereocenters. The van der Waals surface area contributed by atoms with Crippen molar-refractivity contribution in [3.05, 3.63) is 53.2 Å². The Morgan fingerprint density at radius 3 is 2.38 bits per heavy atom. The first-order valence-electron chi connectivity index (χ1n) is 8.25. The molecule has 0 bridgehead atoms. The summed E-state index contributed by atoms with van der Waals surface area (Å²) in [5.74, 6) is 0.879. The van der Waals surface area contributed by atoms with Gasteiger partial charge in [0, 0.05) is 11.8 Å². The minimum absolute atomic E-state index is 0.879. The summed E-state index contributed by atoms with van der Waals surface area (Å²) in [7, 11) is 0. The van der Waals surface area contributed by atoms with Crippen LogP contribution in [0.4, 0.5) is 0 Å². The Bertz CT molecular complexity index is 592. The fourth-order valence-electron chi connectivity index (χ4n) is 3.38. The van der Waals surface area contributed by atoms with Crippen molar-refractivity contribution in [2.45, 2.75) is 52.4 Å². The van der Waals surface area contributed by atoms with E-state index in [1.165, 1.54) is 60.8 Å². The van der Waals surface area contributed by atoms with Crippen molar-refractivity contribution >= 4 is 0 Å². The van der Waals surface area contributed by atoms with Gasteiger partial charge in [-0.2, -0.15) is 0 Å². The Morgan fingerprint density at radius 2 is 1.71 bits per heavy atom. The second-order valence-corrected chi connectivity index (χ2v) is 6.57. The Hall–Kier alpha value is -1.63. The van der Waals surface area contributed by atoms with E-state index in [-0.39, 0.29) is 0 Å². The molecule has 1 aromatic carbocycles. The van der Waals surface area contributed by atoms with Crippen LogP contribution >= 0.6 is 0 Å². The van der Waals surface area contributed by atoms with Crippen LogP contribution in [-0.4, -0.2) is 4.98 Å². The standard InChI is InChI=1S/C20H25N/c1-15-8-10-18(11-9-15)20-12-16(2)19(14-21-20)13-17-6-4-3-5-7-17/h8-12,14,17H,3-7,13H2,1-2H3. The third-order valence-corrected chi connectivity index (χ3v) is 4.80. The topological polar surface area (TPSA) is 12.9 Å². The third-order valence-electron chi connectivity index (χ3n) is 4.80. The zero-order valence-electron chi connectivity index (χ0n) is 13.2. The molecular formula is C20H25N. The summed E-state index contributed by atoms with van der Waals surface area (Å²) in [4.78, 5) is 4.70. The summed E-state index contributed by atoms with van der Waals surface area (Å²) in [6.45, 7) is 4.35. The van der Waals surface area contributed by atoms with E-state index in [4.69, 9.17) is 4.98 Å². The van der Waals surface area contributed by atoms with Gasteiger partial charge in [-0.3, -0.25) is 4.98 Å². The molecule has 2 aromatic rings. The van der Waals surface area contributed by atoms with E-state index in [1.54, 1.807) is 0 Å². The van der Waals surface area contributed by atoms with E-state index >= 15 is 0 Å². The molecule has 0 atom stereocenters. The summed E-state index contributed by atoms with van der Waals surface area (Å²) in [6.07, 6.45) is 10.4. The zero-order chi connectivity index (χ0) is 14.7. The molecule has 3 rings (SSSR count). The normalized spacial score (nSPS) is 16.1. The molecule has 1 heteroatoms. The Morgan fingerprint density at radius 1 is 1.00 bits per heavy atom. The Balaban J connectivity index is 1.77. The second-order valence-electron chi connectivity index (χ2n) is 6.57. The average molecular weight is 279 g/mol. The van der Waals surface area contributed by atoms with Gasteiger partial charge in [-0.25, -0.2) is 0 Å². The van der Waals surface area contributed by atoms with Crippen molar-refractivity contribution in [3.8, 4) is 11.3 Å². The molecule has 0 amide bonds. The molecule has 21 heavy (non-hydrogen) atoms. The van der Waals surface area contributed by atoms with Gasteiger partial charge in [0.1, 0.15) is 0 Å². The van der Waals surface area contributed by atoms with Crippen molar-refractivity contribution in [1.29, 1.82) is 0 Å². The van der Waals surface area contributed by atoms with Crippen molar-refractivity contribution in [2.24, 2.45) is 5.92 Å². The second kappa shape index (κ2) is 6.43. The van der Waals surface area contributed by atoms with Gasteiger partial charge in [0.05, 0.1) is 5.69 Å². The lowest BCUT2D eigenvalue weighted by Gasteiger charge is -2.22. The monoisotopic (exact) mass is 279 g/mol. The number of hydrogen-bond donors (Lipinski definition) is 0. The highest BCUT2D eigenvalue weighted by Gasteiger charge is 2.15. The first kappa shape index (κ1) is 14.3. The third kappa shape index (κ3) is 3.53. The lowest BCUT2D eigenvalue weighted by molar-refractivity contribution is 0.356. The fraction of sp³-hybridized carbons (Fsp3) is 0.450. The summed E-state index contributed by atoms with van der Waals surface area (Å²) in [6, 6.07) is 10.9. The summed E-state index contributed by atoms with van der Waals surface area (Å²) in [5.41, 5.74) is 6.45. The van der Waals surface area contributed by atoms with E-state index in [2.05, 4.69) is 50.4 Å². The molecule has 0 saturated heterocycles. The highest BCUT2D eigenvalue weighted by atomic mass is 14.7. The fourth-order valence-corrected chi connectivity index (χ4v) is 3.38. The van der Waals surface area contributed by atoms with Crippen LogP contribution in [0.25, 0.3) is 11.3 Å². The van der Waals surface area contributed by atoms with E-state index in [9.17, 15) is 0 Å². The number of aryl methyl sites for hydroxylation is 2. The van der Waals surface area contributed by atoms with Crippen LogP contribution in [0, 0.1) is 19.8 Å². The highest BCUT2D eigenvalue weighted by Crippen LogP contribution is 2.28. The Labute approximate surface area is 128 Å². The zero-order valence-corrected chi connectivity index (χ0v) is 13.2. The number of benzene rings is 1. The van der Waals surface area contributed by atoms with Gasteiger partial charge >= 0.3 is 0 Å². The quantitative estimate of drug-likeness (QED) is 0.724.